The summed E-state index contributed by atoms with van der Waals surface area (Å²) in [6.45, 7) is -0.198. The number of aliphatic hydroxyl groups is 1. The van der Waals surface area contributed by atoms with Gasteiger partial charge < -0.3 is 15.6 Å². The summed E-state index contributed by atoms with van der Waals surface area (Å²) in [4.78, 5) is 24.9. The van der Waals surface area contributed by atoms with Gasteiger partial charge in [0.15, 0.2) is 11.2 Å². The summed E-state index contributed by atoms with van der Waals surface area (Å²) in [5.41, 5.74) is 14.0. The van der Waals surface area contributed by atoms with Gasteiger partial charge in [0.1, 0.15) is 6.23 Å². The highest BCUT2D eigenvalue weighted by Crippen LogP contribution is 2.32. The summed E-state index contributed by atoms with van der Waals surface area (Å²) < 4.78 is 7.11. The molecule has 0 aromatic carbocycles. The standard InChI is InChI=1S/C10H12N8O3/c11-10-14-7-6(8(20)15-10)13-3-18(7)9-5(16-17-12)1-4(2-19)21-9/h3-5,9,19H,1-2H2,(H3,11,14,15,20)/t4-,5+,9+/m0/s1. The number of nitrogens with one attached hydrogen (secondary N) is 1. The van der Waals surface area contributed by atoms with E-state index in [4.69, 9.17) is 16.0 Å². The Balaban J connectivity index is 2.10. The van der Waals surface area contributed by atoms with Crippen LogP contribution in [0, 0.1) is 0 Å². The van der Waals surface area contributed by atoms with Gasteiger partial charge in [0.25, 0.3) is 5.56 Å². The van der Waals surface area contributed by atoms with Crippen molar-refractivity contribution in [1.82, 2.24) is 19.5 Å². The predicted molar refractivity (Wildman–Crippen MR) is 71.1 cm³/mol. The van der Waals surface area contributed by atoms with E-state index in [0.29, 0.717) is 6.42 Å². The first-order chi connectivity index (χ1) is 10.1. The molecule has 21 heavy (non-hydrogen) atoms. The van der Waals surface area contributed by atoms with Crippen molar-refractivity contribution in [2.75, 3.05) is 12.3 Å². The largest absolute Gasteiger partial charge is 0.394 e. The Hall–Kier alpha value is -2.62. The number of hydrogen-bond acceptors (Lipinski definition) is 7. The number of nitrogens with zero attached hydrogens (tertiary/aromatic N) is 6. The molecule has 3 heterocycles. The fourth-order valence-corrected chi connectivity index (χ4v) is 2.40. The number of aliphatic hydroxyl groups excluding tert-OH is 1. The maximum Gasteiger partial charge on any atom is 0.280 e. The lowest BCUT2D eigenvalue weighted by molar-refractivity contribution is -0.0238. The van der Waals surface area contributed by atoms with Crippen LogP contribution in [0.2, 0.25) is 0 Å². The molecular weight excluding hydrogens is 280 g/mol. The van der Waals surface area contributed by atoms with E-state index < -0.39 is 23.9 Å². The smallest absolute Gasteiger partial charge is 0.280 e. The van der Waals surface area contributed by atoms with E-state index in [-0.39, 0.29) is 23.7 Å². The van der Waals surface area contributed by atoms with Crippen LogP contribution in [0.15, 0.2) is 16.2 Å². The zero-order chi connectivity index (χ0) is 15.0. The molecule has 0 saturated carbocycles. The van der Waals surface area contributed by atoms with Gasteiger partial charge in [-0.05, 0) is 12.0 Å². The van der Waals surface area contributed by atoms with Crippen LogP contribution in [-0.4, -0.2) is 43.4 Å². The van der Waals surface area contributed by atoms with Gasteiger partial charge in [-0.25, -0.2) is 4.98 Å². The zero-order valence-electron chi connectivity index (χ0n) is 10.7. The fraction of sp³-hybridized carbons (Fsp3) is 0.500. The minimum Gasteiger partial charge on any atom is -0.394 e. The topological polar surface area (TPSA) is 168 Å². The molecule has 2 aromatic heterocycles. The lowest BCUT2D eigenvalue weighted by Gasteiger charge is -2.16. The summed E-state index contributed by atoms with van der Waals surface area (Å²) in [7, 11) is 0. The highest BCUT2D eigenvalue weighted by Gasteiger charge is 2.36. The van der Waals surface area contributed by atoms with Crippen molar-refractivity contribution in [3.63, 3.8) is 0 Å². The van der Waals surface area contributed by atoms with Crippen LogP contribution < -0.4 is 11.3 Å². The van der Waals surface area contributed by atoms with E-state index >= 15 is 0 Å². The number of anilines is 1. The third-order valence-corrected chi connectivity index (χ3v) is 3.29. The Morgan fingerprint density at radius 2 is 2.52 bits per heavy atom. The van der Waals surface area contributed by atoms with E-state index in [2.05, 4.69) is 25.0 Å². The van der Waals surface area contributed by atoms with Crippen molar-refractivity contribution in [2.24, 2.45) is 5.11 Å². The number of hydrogen-bond donors (Lipinski definition) is 3. The van der Waals surface area contributed by atoms with Gasteiger partial charge in [-0.1, -0.05) is 5.11 Å². The van der Waals surface area contributed by atoms with Gasteiger partial charge in [-0.15, -0.1) is 0 Å². The molecule has 1 aliphatic rings. The van der Waals surface area contributed by atoms with E-state index in [1.807, 2.05) is 0 Å². The molecule has 1 aliphatic heterocycles. The number of imidazole rings is 1. The fourth-order valence-electron chi connectivity index (χ4n) is 2.40. The van der Waals surface area contributed by atoms with Crippen LogP contribution >= 0.6 is 0 Å². The third kappa shape index (κ3) is 2.18. The van der Waals surface area contributed by atoms with Gasteiger partial charge in [0, 0.05) is 4.91 Å². The summed E-state index contributed by atoms with van der Waals surface area (Å²) in [5.74, 6) is -0.0497. The molecule has 3 rings (SSSR count). The minimum atomic E-state index is -0.697. The average Bonchev–Trinajstić information content (AvgIpc) is 3.02. The van der Waals surface area contributed by atoms with Crippen molar-refractivity contribution in [2.45, 2.75) is 24.8 Å². The summed E-state index contributed by atoms with van der Waals surface area (Å²) >= 11 is 0. The van der Waals surface area contributed by atoms with Crippen molar-refractivity contribution >= 4 is 17.1 Å². The number of ether oxygens (including phenoxy) is 1. The van der Waals surface area contributed by atoms with Crippen LogP contribution in [0.4, 0.5) is 5.95 Å². The lowest BCUT2D eigenvalue weighted by Crippen LogP contribution is -2.19. The van der Waals surface area contributed by atoms with Gasteiger partial charge in [0.05, 0.1) is 25.1 Å². The van der Waals surface area contributed by atoms with Gasteiger partial charge in [-0.3, -0.25) is 14.3 Å². The predicted octanol–water partition coefficient (Wildman–Crippen LogP) is -0.340. The first-order valence-electron chi connectivity index (χ1n) is 6.17. The Labute approximate surface area is 117 Å². The molecule has 0 aliphatic carbocycles. The Morgan fingerprint density at radius 1 is 1.71 bits per heavy atom. The van der Waals surface area contributed by atoms with Crippen LogP contribution in [0.5, 0.6) is 0 Å². The SMILES string of the molecule is [N-]=[N+]=N[C@@H]1C[C@@H](CO)O[C@H]1n1cnc2c(=O)[nH]c(N)nc21. The Morgan fingerprint density at radius 3 is 3.24 bits per heavy atom. The number of nitrogen functional groups attached to an aromatic ring is 1. The molecule has 11 heteroatoms. The molecule has 0 unspecified atom stereocenters. The van der Waals surface area contributed by atoms with Crippen LogP contribution in [-0.2, 0) is 4.74 Å². The maximum absolute atomic E-state index is 11.7. The van der Waals surface area contributed by atoms with E-state index in [1.54, 1.807) is 0 Å². The second-order valence-electron chi connectivity index (χ2n) is 4.61. The number of rotatable bonds is 3. The third-order valence-electron chi connectivity index (χ3n) is 3.29. The highest BCUT2D eigenvalue weighted by molar-refractivity contribution is 5.70. The Kier molecular flexibility index (Phi) is 3.22. The molecule has 11 nitrogen and oxygen atoms in total. The summed E-state index contributed by atoms with van der Waals surface area (Å²) in [5, 5.41) is 12.9. The second kappa shape index (κ2) is 5.05. The minimum absolute atomic E-state index is 0.0497. The lowest BCUT2D eigenvalue weighted by atomic mass is 10.2. The van der Waals surface area contributed by atoms with E-state index in [0.717, 1.165) is 0 Å². The monoisotopic (exact) mass is 292 g/mol. The molecule has 1 fully saturated rings. The van der Waals surface area contributed by atoms with Crippen molar-refractivity contribution in [3.05, 3.63) is 27.1 Å². The normalized spacial score (nSPS) is 25.1. The highest BCUT2D eigenvalue weighted by atomic mass is 16.5. The quantitative estimate of drug-likeness (QED) is 0.397. The number of azide groups is 1. The molecule has 0 bridgehead atoms. The van der Waals surface area contributed by atoms with Gasteiger partial charge in [-0.2, -0.15) is 4.98 Å². The van der Waals surface area contributed by atoms with Crippen LogP contribution in [0.1, 0.15) is 12.6 Å². The van der Waals surface area contributed by atoms with Gasteiger partial charge >= 0.3 is 0 Å². The average molecular weight is 292 g/mol. The van der Waals surface area contributed by atoms with E-state index in [9.17, 15) is 9.90 Å². The molecule has 3 atom stereocenters. The van der Waals surface area contributed by atoms with Crippen molar-refractivity contribution in [3.8, 4) is 0 Å². The molecule has 0 radical (unpaired) electrons. The first kappa shape index (κ1) is 13.4. The van der Waals surface area contributed by atoms with Gasteiger partial charge in [0.2, 0.25) is 5.95 Å². The number of nitrogens with two attached hydrogens (primary N) is 1. The van der Waals surface area contributed by atoms with Crippen LogP contribution in [0.3, 0.4) is 0 Å². The van der Waals surface area contributed by atoms with E-state index in [1.165, 1.54) is 10.9 Å². The molecule has 2 aromatic rings. The molecule has 4 N–H and O–H groups in total. The first-order valence-corrected chi connectivity index (χ1v) is 6.17. The molecule has 1 saturated heterocycles. The number of H-pyrrole nitrogens is 1. The van der Waals surface area contributed by atoms with Crippen LogP contribution in [0.25, 0.3) is 21.6 Å². The summed E-state index contributed by atoms with van der Waals surface area (Å²) in [6, 6.07) is -0.535. The number of aromatic nitrogens is 4. The number of fused-ring (bicyclic) bond motifs is 1. The Bertz CT molecular complexity index is 776. The van der Waals surface area contributed by atoms with Crippen molar-refractivity contribution in [1.29, 1.82) is 0 Å². The molecule has 110 valence electrons. The van der Waals surface area contributed by atoms with Crippen molar-refractivity contribution < 1.29 is 9.84 Å². The number of aromatic amines is 1. The molecular formula is C10H12N8O3. The molecule has 0 amide bonds. The molecule has 0 spiro atoms. The summed E-state index contributed by atoms with van der Waals surface area (Å²) in [6.07, 6.45) is 0.583. The zero-order valence-corrected chi connectivity index (χ0v) is 10.7. The second-order valence-corrected chi connectivity index (χ2v) is 4.61. The maximum atomic E-state index is 11.7.